The van der Waals surface area contributed by atoms with Crippen LogP contribution in [0.3, 0.4) is 0 Å². The fourth-order valence-electron chi connectivity index (χ4n) is 6.24. The number of nitrogens with zero attached hydrogens (tertiary/aromatic N) is 1. The Morgan fingerprint density at radius 1 is 1.00 bits per heavy atom. The van der Waals surface area contributed by atoms with Crippen molar-refractivity contribution in [2.45, 2.75) is 62.7 Å². The predicted molar refractivity (Wildman–Crippen MR) is 84.9 cm³/mol. The molecule has 116 valence electrons. The van der Waals surface area contributed by atoms with Crippen LogP contribution in [0.25, 0.3) is 0 Å². The maximum atomic E-state index is 11.5. The molecule has 4 bridgehead atoms. The zero-order valence-electron chi connectivity index (χ0n) is 13.0. The van der Waals surface area contributed by atoms with E-state index in [1.807, 2.05) is 6.07 Å². The van der Waals surface area contributed by atoms with Gasteiger partial charge in [0.2, 0.25) is 0 Å². The summed E-state index contributed by atoms with van der Waals surface area (Å²) in [4.78, 5) is 11.4. The van der Waals surface area contributed by atoms with E-state index in [0.717, 1.165) is 36.2 Å². The molecule has 5 saturated carbocycles. The maximum absolute atomic E-state index is 11.5. The fraction of sp³-hybridized carbons (Fsp3) is 0.684. The number of nitro groups is 1. The van der Waals surface area contributed by atoms with Gasteiger partial charge in [-0.2, -0.15) is 0 Å². The Hall–Kier alpha value is -1.38. The van der Waals surface area contributed by atoms with Crippen molar-refractivity contribution in [3.8, 4) is 0 Å². The highest BCUT2D eigenvalue weighted by Crippen LogP contribution is 2.61. The van der Waals surface area contributed by atoms with Crippen LogP contribution in [0.15, 0.2) is 18.2 Å². The third-order valence-corrected chi connectivity index (χ3v) is 6.89. The Labute approximate surface area is 131 Å². The highest BCUT2D eigenvalue weighted by atomic mass is 16.6. The largest absolute Gasteiger partial charge is 0.273 e. The fourth-order valence-corrected chi connectivity index (χ4v) is 6.24. The van der Waals surface area contributed by atoms with Crippen LogP contribution in [0, 0.1) is 27.9 Å². The van der Waals surface area contributed by atoms with E-state index >= 15 is 0 Å². The minimum Gasteiger partial charge on any atom is -0.258 e. The lowest BCUT2D eigenvalue weighted by Crippen LogP contribution is -2.48. The minimum atomic E-state index is -0.141. The lowest BCUT2D eigenvalue weighted by atomic mass is 9.48. The van der Waals surface area contributed by atoms with E-state index < -0.39 is 0 Å². The molecule has 3 nitrogen and oxygen atoms in total. The molecule has 0 heterocycles. The summed E-state index contributed by atoms with van der Waals surface area (Å²) in [6, 6.07) is 6.29. The summed E-state index contributed by atoms with van der Waals surface area (Å²) >= 11 is 0. The molecule has 0 spiro atoms. The molecule has 1 aromatic rings. The molecular formula is C19H23NO2. The first-order valence-corrected chi connectivity index (χ1v) is 8.92. The lowest BCUT2D eigenvalue weighted by Gasteiger charge is -2.57. The third kappa shape index (κ3) is 1.87. The Morgan fingerprint density at radius 3 is 2.09 bits per heavy atom. The van der Waals surface area contributed by atoms with Gasteiger partial charge in [-0.15, -0.1) is 0 Å². The van der Waals surface area contributed by atoms with E-state index in [9.17, 15) is 10.1 Å². The van der Waals surface area contributed by atoms with Gasteiger partial charge in [-0.05, 0) is 86.0 Å². The second-order valence-corrected chi connectivity index (χ2v) is 8.50. The van der Waals surface area contributed by atoms with Crippen molar-refractivity contribution >= 4 is 5.69 Å². The Kier molecular flexibility index (Phi) is 2.58. The summed E-state index contributed by atoms with van der Waals surface area (Å²) in [6.45, 7) is 0. The first kappa shape index (κ1) is 13.1. The van der Waals surface area contributed by atoms with Gasteiger partial charge in [0, 0.05) is 11.6 Å². The Balaban J connectivity index is 1.57. The molecule has 0 aliphatic heterocycles. The monoisotopic (exact) mass is 297 g/mol. The van der Waals surface area contributed by atoms with E-state index in [1.54, 1.807) is 0 Å². The second-order valence-electron chi connectivity index (χ2n) is 8.50. The zero-order chi connectivity index (χ0) is 14.9. The van der Waals surface area contributed by atoms with Gasteiger partial charge >= 0.3 is 0 Å². The van der Waals surface area contributed by atoms with E-state index in [4.69, 9.17) is 0 Å². The molecule has 0 N–H and O–H groups in total. The molecule has 0 saturated heterocycles. The summed E-state index contributed by atoms with van der Waals surface area (Å²) in [5, 5.41) is 11.5. The van der Waals surface area contributed by atoms with Crippen molar-refractivity contribution in [2.24, 2.45) is 17.8 Å². The molecule has 0 amide bonds. The molecule has 5 aliphatic carbocycles. The Morgan fingerprint density at radius 2 is 1.59 bits per heavy atom. The third-order valence-electron chi connectivity index (χ3n) is 6.89. The van der Waals surface area contributed by atoms with Crippen molar-refractivity contribution in [1.82, 2.24) is 0 Å². The lowest BCUT2D eigenvalue weighted by molar-refractivity contribution is -0.385. The van der Waals surface area contributed by atoms with Gasteiger partial charge in [0.25, 0.3) is 5.69 Å². The molecule has 0 unspecified atom stereocenters. The molecule has 5 aliphatic rings. The second kappa shape index (κ2) is 4.33. The summed E-state index contributed by atoms with van der Waals surface area (Å²) in [5.41, 5.74) is 2.93. The van der Waals surface area contributed by atoms with Crippen molar-refractivity contribution in [2.75, 3.05) is 0 Å². The number of rotatable bonds is 3. The minimum absolute atomic E-state index is 0.141. The van der Waals surface area contributed by atoms with Crippen LogP contribution >= 0.6 is 0 Å². The van der Waals surface area contributed by atoms with Gasteiger partial charge in [-0.1, -0.05) is 12.1 Å². The van der Waals surface area contributed by atoms with Crippen LogP contribution in [-0.4, -0.2) is 4.92 Å². The number of hydrogen-bond acceptors (Lipinski definition) is 2. The molecule has 22 heavy (non-hydrogen) atoms. The number of nitro benzene ring substituents is 1. The molecule has 3 heteroatoms. The summed E-state index contributed by atoms with van der Waals surface area (Å²) in [7, 11) is 0. The molecule has 0 radical (unpaired) electrons. The maximum Gasteiger partial charge on any atom is 0.273 e. The normalized spacial score (nSPS) is 39.2. The average Bonchev–Trinajstić information content (AvgIpc) is 3.29. The topological polar surface area (TPSA) is 43.1 Å². The smallest absolute Gasteiger partial charge is 0.258 e. The molecule has 6 rings (SSSR count). The highest BCUT2D eigenvalue weighted by molar-refractivity contribution is 5.49. The number of benzene rings is 1. The van der Waals surface area contributed by atoms with Gasteiger partial charge in [0.1, 0.15) is 0 Å². The molecule has 5 fully saturated rings. The van der Waals surface area contributed by atoms with Crippen molar-refractivity contribution in [1.29, 1.82) is 0 Å². The van der Waals surface area contributed by atoms with Gasteiger partial charge in [-0.3, -0.25) is 10.1 Å². The van der Waals surface area contributed by atoms with Gasteiger partial charge in [-0.25, -0.2) is 0 Å². The zero-order valence-corrected chi connectivity index (χ0v) is 13.0. The van der Waals surface area contributed by atoms with Gasteiger partial charge in [0.15, 0.2) is 0 Å². The van der Waals surface area contributed by atoms with Crippen LogP contribution in [0.2, 0.25) is 0 Å². The van der Waals surface area contributed by atoms with E-state index in [2.05, 4.69) is 12.1 Å². The van der Waals surface area contributed by atoms with Crippen LogP contribution in [-0.2, 0) is 5.41 Å². The van der Waals surface area contributed by atoms with Crippen LogP contribution in [0.4, 0.5) is 5.69 Å². The quantitative estimate of drug-likeness (QED) is 0.586. The van der Waals surface area contributed by atoms with Crippen LogP contribution < -0.4 is 0 Å². The highest BCUT2D eigenvalue weighted by Gasteiger charge is 2.52. The van der Waals surface area contributed by atoms with Crippen molar-refractivity contribution in [3.63, 3.8) is 0 Å². The molecular weight excluding hydrogens is 274 g/mol. The standard InChI is InChI=1S/C19H23NO2/c21-20(22)18-8-16(3-4-17(18)15-1-2-15)19-9-12-5-13(10-19)7-14(6-12)11-19/h3-4,8,12-15H,1-2,5-7,9-11H2. The van der Waals surface area contributed by atoms with Crippen LogP contribution in [0.5, 0.6) is 0 Å². The predicted octanol–water partition coefficient (Wildman–Crippen LogP) is 4.94. The molecule has 1 aromatic carbocycles. The summed E-state index contributed by atoms with van der Waals surface area (Å²) in [6.07, 6.45) is 10.3. The molecule has 0 atom stereocenters. The summed E-state index contributed by atoms with van der Waals surface area (Å²) in [5.74, 6) is 3.10. The van der Waals surface area contributed by atoms with Gasteiger partial charge in [0.05, 0.1) is 4.92 Å². The van der Waals surface area contributed by atoms with E-state index in [0.29, 0.717) is 11.6 Å². The van der Waals surface area contributed by atoms with Crippen LogP contribution in [0.1, 0.15) is 68.4 Å². The van der Waals surface area contributed by atoms with Crippen molar-refractivity contribution < 1.29 is 4.92 Å². The molecule has 0 aromatic heterocycles. The Bertz CT molecular complexity index is 612. The summed E-state index contributed by atoms with van der Waals surface area (Å²) < 4.78 is 0. The van der Waals surface area contributed by atoms with E-state index in [-0.39, 0.29) is 10.3 Å². The first-order valence-electron chi connectivity index (χ1n) is 8.92. The average molecular weight is 297 g/mol. The van der Waals surface area contributed by atoms with Crippen molar-refractivity contribution in [3.05, 3.63) is 39.4 Å². The van der Waals surface area contributed by atoms with Gasteiger partial charge < -0.3 is 0 Å². The van der Waals surface area contributed by atoms with E-state index in [1.165, 1.54) is 44.1 Å². The SMILES string of the molecule is O=[N+]([O-])c1cc(C23CC4CC(CC(C4)C2)C3)ccc1C1CC1. The first-order chi connectivity index (χ1) is 10.6. The number of hydrogen-bond donors (Lipinski definition) is 0.